The molecule has 260 valence electrons. The van der Waals surface area contributed by atoms with E-state index in [0.29, 0.717) is 31.6 Å². The summed E-state index contributed by atoms with van der Waals surface area (Å²) in [5, 5.41) is 32.8. The average Bonchev–Trinajstić information content (AvgIpc) is 3.14. The van der Waals surface area contributed by atoms with E-state index >= 15 is 0 Å². The Morgan fingerprint density at radius 1 is 1.00 bits per heavy atom. The number of carboxylic acid groups (broad SMARTS) is 1. The van der Waals surface area contributed by atoms with E-state index in [2.05, 4.69) is 59.8 Å². The van der Waals surface area contributed by atoms with Crippen LogP contribution in [0.4, 0.5) is 0 Å². The van der Waals surface area contributed by atoms with Crippen LogP contribution in [0.15, 0.2) is 23.3 Å². The molecule has 2 fully saturated rings. The topological polar surface area (TPSA) is 130 Å². The first-order valence-electron chi connectivity index (χ1n) is 17.4. The maximum Gasteiger partial charge on any atom is 0.309 e. The molecule has 4 rings (SSSR count). The molecule has 0 aliphatic heterocycles. The Kier molecular flexibility index (Phi) is 10.1. The highest BCUT2D eigenvalue weighted by Crippen LogP contribution is 2.72. The number of ether oxygens (including phenoxy) is 2. The molecule has 0 aromatic rings. The number of carbonyl (C=O) groups excluding carboxylic acids is 2. The lowest BCUT2D eigenvalue weighted by atomic mass is 9.43. The molecule has 4 aliphatic rings. The van der Waals surface area contributed by atoms with E-state index in [4.69, 9.17) is 4.74 Å². The number of aliphatic carboxylic acids is 1. The van der Waals surface area contributed by atoms with Crippen LogP contribution in [0.25, 0.3) is 0 Å². The van der Waals surface area contributed by atoms with E-state index < -0.39 is 35.5 Å². The molecular weight excluding hydrogens is 584 g/mol. The normalized spacial score (nSPS) is 37.0. The molecule has 0 unspecified atom stereocenters. The predicted molar refractivity (Wildman–Crippen MR) is 177 cm³/mol. The molecule has 0 heterocycles. The SMILES string of the molecule is C=C(CC[C@@H](C(=O)O)[C@H]1[C@H](O)C[C@@]2(C)C3=C(CC[C@]12C)[C@@]1(C)CC[C@@H](OC(=O)C[C@@](C)(O)CC(=O)OC)C(C)(C)[C@@H]1CC3)C(C)C. The van der Waals surface area contributed by atoms with Crippen LogP contribution >= 0.6 is 0 Å². The lowest BCUT2D eigenvalue weighted by Gasteiger charge is -2.62. The first kappa shape index (κ1) is 36.6. The van der Waals surface area contributed by atoms with Crippen molar-refractivity contribution in [2.24, 2.45) is 45.3 Å². The van der Waals surface area contributed by atoms with Gasteiger partial charge in [-0.15, -0.1) is 0 Å². The van der Waals surface area contributed by atoms with E-state index in [1.165, 1.54) is 25.2 Å². The van der Waals surface area contributed by atoms with Gasteiger partial charge in [0.15, 0.2) is 0 Å². The number of fused-ring (bicyclic) bond motifs is 4. The van der Waals surface area contributed by atoms with Gasteiger partial charge in [0.1, 0.15) is 6.10 Å². The second-order valence-corrected chi connectivity index (χ2v) is 17.1. The highest BCUT2D eigenvalue weighted by molar-refractivity contribution is 5.75. The molecule has 0 radical (unpaired) electrons. The third-order valence-electron chi connectivity index (χ3n) is 13.6. The fourth-order valence-electron chi connectivity index (χ4n) is 10.7. The van der Waals surface area contributed by atoms with Gasteiger partial charge in [0, 0.05) is 11.3 Å². The molecule has 8 heteroatoms. The molecule has 0 aromatic carbocycles. The lowest BCUT2D eigenvalue weighted by molar-refractivity contribution is -0.174. The van der Waals surface area contributed by atoms with E-state index in [1.54, 1.807) is 0 Å². The molecular formula is C38H60O8. The van der Waals surface area contributed by atoms with Crippen LogP contribution < -0.4 is 0 Å². The second kappa shape index (κ2) is 12.7. The number of hydrogen-bond acceptors (Lipinski definition) is 7. The van der Waals surface area contributed by atoms with Crippen molar-refractivity contribution in [3.05, 3.63) is 23.3 Å². The zero-order chi connectivity index (χ0) is 34.6. The maximum absolute atomic E-state index is 13.0. The third kappa shape index (κ3) is 6.22. The van der Waals surface area contributed by atoms with E-state index in [1.807, 2.05) is 0 Å². The summed E-state index contributed by atoms with van der Waals surface area (Å²) in [6.45, 7) is 21.1. The van der Waals surface area contributed by atoms with E-state index in [9.17, 15) is 29.7 Å². The Morgan fingerprint density at radius 3 is 2.22 bits per heavy atom. The minimum atomic E-state index is -1.54. The maximum atomic E-state index is 13.0. The number of methoxy groups -OCH3 is 1. The van der Waals surface area contributed by atoms with Crippen molar-refractivity contribution >= 4 is 17.9 Å². The van der Waals surface area contributed by atoms with Gasteiger partial charge >= 0.3 is 17.9 Å². The van der Waals surface area contributed by atoms with Crippen molar-refractivity contribution < 1.29 is 39.2 Å². The minimum Gasteiger partial charge on any atom is -0.481 e. The van der Waals surface area contributed by atoms with Crippen LogP contribution in [-0.2, 0) is 23.9 Å². The van der Waals surface area contributed by atoms with Gasteiger partial charge < -0.3 is 24.8 Å². The molecule has 0 saturated heterocycles. The molecule has 46 heavy (non-hydrogen) atoms. The van der Waals surface area contributed by atoms with Gasteiger partial charge in [0.2, 0.25) is 0 Å². The zero-order valence-electron chi connectivity index (χ0n) is 29.8. The molecule has 3 N–H and O–H groups in total. The summed E-state index contributed by atoms with van der Waals surface area (Å²) in [6, 6.07) is 0. The zero-order valence-corrected chi connectivity index (χ0v) is 29.8. The van der Waals surface area contributed by atoms with Crippen LogP contribution in [0.5, 0.6) is 0 Å². The molecule has 2 saturated carbocycles. The fourth-order valence-corrected chi connectivity index (χ4v) is 10.7. The van der Waals surface area contributed by atoms with Crippen LogP contribution in [0.2, 0.25) is 0 Å². The van der Waals surface area contributed by atoms with Gasteiger partial charge in [-0.05, 0) is 92.8 Å². The summed E-state index contributed by atoms with van der Waals surface area (Å²) in [5.41, 5.74) is 1.39. The average molecular weight is 645 g/mol. The van der Waals surface area contributed by atoms with Crippen LogP contribution in [0.3, 0.4) is 0 Å². The van der Waals surface area contributed by atoms with E-state index in [0.717, 1.165) is 37.7 Å². The van der Waals surface area contributed by atoms with Crippen molar-refractivity contribution in [2.75, 3.05) is 7.11 Å². The largest absolute Gasteiger partial charge is 0.481 e. The quantitative estimate of drug-likeness (QED) is 0.162. The number of rotatable bonds is 11. The van der Waals surface area contributed by atoms with Gasteiger partial charge in [0.05, 0.1) is 37.6 Å². The number of carbonyl (C=O) groups is 3. The van der Waals surface area contributed by atoms with Crippen LogP contribution in [0.1, 0.15) is 126 Å². The summed E-state index contributed by atoms with van der Waals surface area (Å²) in [5.74, 6) is -2.28. The van der Waals surface area contributed by atoms with Crippen LogP contribution in [-0.4, -0.2) is 58.1 Å². The van der Waals surface area contributed by atoms with Gasteiger partial charge in [-0.1, -0.05) is 71.8 Å². The fraction of sp³-hybridized carbons (Fsp3) is 0.816. The Bertz CT molecular complexity index is 1260. The van der Waals surface area contributed by atoms with Crippen molar-refractivity contribution in [1.82, 2.24) is 0 Å². The minimum absolute atomic E-state index is 0.0923. The van der Waals surface area contributed by atoms with Crippen molar-refractivity contribution in [1.29, 1.82) is 0 Å². The number of aliphatic hydroxyl groups is 2. The Hall–Kier alpha value is -2.19. The van der Waals surface area contributed by atoms with Gasteiger partial charge in [0.25, 0.3) is 0 Å². The molecule has 0 bridgehead atoms. The molecule has 0 aromatic heterocycles. The van der Waals surface area contributed by atoms with Gasteiger partial charge in [-0.2, -0.15) is 0 Å². The Labute approximate surface area is 276 Å². The van der Waals surface area contributed by atoms with Gasteiger partial charge in [-0.3, -0.25) is 14.4 Å². The third-order valence-corrected chi connectivity index (χ3v) is 13.6. The highest BCUT2D eigenvalue weighted by Gasteiger charge is 2.67. The van der Waals surface area contributed by atoms with Crippen LogP contribution in [0, 0.1) is 45.3 Å². The number of aliphatic hydroxyl groups excluding tert-OH is 1. The van der Waals surface area contributed by atoms with Crippen molar-refractivity contribution in [2.45, 2.75) is 144 Å². The Morgan fingerprint density at radius 2 is 1.63 bits per heavy atom. The first-order valence-corrected chi connectivity index (χ1v) is 17.4. The molecule has 0 amide bonds. The van der Waals surface area contributed by atoms with Crippen molar-refractivity contribution in [3.8, 4) is 0 Å². The molecule has 8 nitrogen and oxygen atoms in total. The highest BCUT2D eigenvalue weighted by atomic mass is 16.5. The summed E-state index contributed by atoms with van der Waals surface area (Å²) in [7, 11) is 1.25. The predicted octanol–water partition coefficient (Wildman–Crippen LogP) is 7.02. The summed E-state index contributed by atoms with van der Waals surface area (Å²) in [4.78, 5) is 37.5. The molecule has 0 spiro atoms. The van der Waals surface area contributed by atoms with E-state index in [-0.39, 0.29) is 52.4 Å². The monoisotopic (exact) mass is 644 g/mol. The molecule has 9 atom stereocenters. The standard InChI is InChI=1S/C38H60O8/c1-22(2)23(3)11-12-24(33(42)43)32-27(39)19-38(9)26-13-14-28-34(4,5)29(46-31(41)21-35(6,44)20-30(40)45-10)16-17-36(28,7)25(26)15-18-37(32,38)8/h22,24,27-29,32,39,44H,3,11-21H2,1-2,4-10H3,(H,42,43)/t24-,27-,28+,29-,32+,35+,36-,37-,38+/m1/s1. The number of hydrogen-bond donors (Lipinski definition) is 3. The molecule has 4 aliphatic carbocycles. The number of carboxylic acids is 1. The summed E-state index contributed by atoms with van der Waals surface area (Å²) < 4.78 is 10.7. The Balaban J connectivity index is 1.58. The number of allylic oxidation sites excluding steroid dienone is 3. The smallest absolute Gasteiger partial charge is 0.309 e. The van der Waals surface area contributed by atoms with Crippen molar-refractivity contribution in [3.63, 3.8) is 0 Å². The summed E-state index contributed by atoms with van der Waals surface area (Å²) >= 11 is 0. The first-order chi connectivity index (χ1) is 21.1. The summed E-state index contributed by atoms with van der Waals surface area (Å²) in [6.07, 6.45) is 5.30. The van der Waals surface area contributed by atoms with Gasteiger partial charge in [-0.25, -0.2) is 0 Å². The second-order valence-electron chi connectivity index (χ2n) is 17.1. The lowest BCUT2D eigenvalue weighted by Crippen LogP contribution is -2.56. The number of esters is 2.